The van der Waals surface area contributed by atoms with Crippen LogP contribution in [0.5, 0.6) is 0 Å². The molecule has 0 fully saturated rings. The number of hydrogen-bond acceptors (Lipinski definition) is 2. The van der Waals surface area contributed by atoms with Crippen molar-refractivity contribution in [2.45, 2.75) is 26.4 Å². The Balaban J connectivity index is 2.52. The van der Waals surface area contributed by atoms with Crippen molar-refractivity contribution in [3.05, 3.63) is 18.0 Å². The van der Waals surface area contributed by atoms with Crippen molar-refractivity contribution >= 4 is 0 Å². The Morgan fingerprint density at radius 2 is 2.25 bits per heavy atom. The molecule has 1 heterocycles. The molecule has 0 aliphatic rings. The number of aliphatic hydroxyl groups excluding tert-OH is 1. The molecule has 0 bridgehead atoms. The van der Waals surface area contributed by atoms with E-state index in [9.17, 15) is 5.11 Å². The van der Waals surface area contributed by atoms with E-state index in [0.29, 0.717) is 12.3 Å². The zero-order valence-electron chi connectivity index (χ0n) is 7.86. The molecule has 0 aliphatic heterocycles. The van der Waals surface area contributed by atoms with E-state index in [1.807, 2.05) is 33.2 Å². The van der Waals surface area contributed by atoms with Gasteiger partial charge in [0.2, 0.25) is 0 Å². The first-order valence-corrected chi connectivity index (χ1v) is 4.26. The highest BCUT2D eigenvalue weighted by Crippen LogP contribution is 2.07. The minimum Gasteiger partial charge on any atom is -0.392 e. The molecule has 3 heteroatoms. The van der Waals surface area contributed by atoms with Crippen LogP contribution in [-0.4, -0.2) is 21.0 Å². The summed E-state index contributed by atoms with van der Waals surface area (Å²) in [6.07, 6.45) is 2.26. The molecule has 0 saturated carbocycles. The fraction of sp³-hybridized carbons (Fsp3) is 0.667. The van der Waals surface area contributed by atoms with E-state index < -0.39 is 0 Å². The van der Waals surface area contributed by atoms with E-state index in [4.69, 9.17) is 0 Å². The zero-order chi connectivity index (χ0) is 9.14. The van der Waals surface area contributed by atoms with Crippen LogP contribution in [0.2, 0.25) is 0 Å². The Hall–Kier alpha value is -0.830. The number of aliphatic hydroxyl groups is 1. The maximum absolute atomic E-state index is 9.54. The lowest BCUT2D eigenvalue weighted by Gasteiger charge is -2.11. The SMILES string of the molecule is CC(C)C(O)Cc1ccn(C)n1. The summed E-state index contributed by atoms with van der Waals surface area (Å²) in [4.78, 5) is 0. The minimum absolute atomic E-state index is 0.278. The van der Waals surface area contributed by atoms with Crippen LogP contribution in [0.15, 0.2) is 12.3 Å². The smallest absolute Gasteiger partial charge is 0.0650 e. The minimum atomic E-state index is -0.278. The summed E-state index contributed by atoms with van der Waals surface area (Å²) in [5, 5.41) is 13.7. The molecule has 1 unspecified atom stereocenters. The fourth-order valence-corrected chi connectivity index (χ4v) is 1.02. The second-order valence-corrected chi connectivity index (χ2v) is 3.50. The number of nitrogens with zero attached hydrogens (tertiary/aromatic N) is 2. The van der Waals surface area contributed by atoms with Crippen molar-refractivity contribution in [2.75, 3.05) is 0 Å². The standard InChI is InChI=1S/C9H16N2O/c1-7(2)9(12)6-8-4-5-11(3)10-8/h4-5,7,9,12H,6H2,1-3H3. The van der Waals surface area contributed by atoms with Crippen LogP contribution < -0.4 is 0 Å². The molecule has 1 aromatic heterocycles. The van der Waals surface area contributed by atoms with Crippen LogP contribution >= 0.6 is 0 Å². The molecule has 0 amide bonds. The molecule has 1 atom stereocenters. The van der Waals surface area contributed by atoms with E-state index in [1.54, 1.807) is 4.68 Å². The lowest BCUT2D eigenvalue weighted by molar-refractivity contribution is 0.124. The molecule has 0 aliphatic carbocycles. The summed E-state index contributed by atoms with van der Waals surface area (Å²) >= 11 is 0. The molecule has 0 spiro atoms. The summed E-state index contributed by atoms with van der Waals surface area (Å²) in [6.45, 7) is 4.02. The first-order chi connectivity index (χ1) is 5.59. The van der Waals surface area contributed by atoms with Gasteiger partial charge >= 0.3 is 0 Å². The third kappa shape index (κ3) is 2.34. The van der Waals surface area contributed by atoms with Crippen molar-refractivity contribution in [1.29, 1.82) is 0 Å². The Labute approximate surface area is 73.0 Å². The Bertz CT molecular complexity index is 242. The highest BCUT2D eigenvalue weighted by Gasteiger charge is 2.10. The number of aryl methyl sites for hydroxylation is 1. The van der Waals surface area contributed by atoms with E-state index in [-0.39, 0.29) is 6.10 Å². The molecular weight excluding hydrogens is 152 g/mol. The number of aromatic nitrogens is 2. The Morgan fingerprint density at radius 1 is 1.58 bits per heavy atom. The first kappa shape index (κ1) is 9.26. The van der Waals surface area contributed by atoms with Gasteiger partial charge in [-0.15, -0.1) is 0 Å². The average Bonchev–Trinajstić information content (AvgIpc) is 2.35. The first-order valence-electron chi connectivity index (χ1n) is 4.26. The molecule has 68 valence electrons. The number of rotatable bonds is 3. The second-order valence-electron chi connectivity index (χ2n) is 3.50. The maximum atomic E-state index is 9.54. The zero-order valence-corrected chi connectivity index (χ0v) is 7.86. The molecule has 3 nitrogen and oxygen atoms in total. The van der Waals surface area contributed by atoms with Gasteiger partial charge in [0.1, 0.15) is 0 Å². The second kappa shape index (κ2) is 3.72. The van der Waals surface area contributed by atoms with Gasteiger partial charge in [0.25, 0.3) is 0 Å². The quantitative estimate of drug-likeness (QED) is 0.730. The van der Waals surface area contributed by atoms with Gasteiger partial charge in [0.15, 0.2) is 0 Å². The summed E-state index contributed by atoms with van der Waals surface area (Å²) in [5.74, 6) is 0.298. The van der Waals surface area contributed by atoms with E-state index in [1.165, 1.54) is 0 Å². The number of hydrogen-bond donors (Lipinski definition) is 1. The van der Waals surface area contributed by atoms with E-state index >= 15 is 0 Å². The summed E-state index contributed by atoms with van der Waals surface area (Å²) in [6, 6.07) is 1.94. The molecule has 0 aromatic carbocycles. The van der Waals surface area contributed by atoms with Crippen molar-refractivity contribution in [2.24, 2.45) is 13.0 Å². The topological polar surface area (TPSA) is 38.0 Å². The van der Waals surface area contributed by atoms with Crippen molar-refractivity contribution in [3.63, 3.8) is 0 Å². The lowest BCUT2D eigenvalue weighted by Crippen LogP contribution is -2.17. The van der Waals surface area contributed by atoms with Crippen LogP contribution in [0.4, 0.5) is 0 Å². The van der Waals surface area contributed by atoms with Gasteiger partial charge in [0, 0.05) is 19.7 Å². The maximum Gasteiger partial charge on any atom is 0.0650 e. The van der Waals surface area contributed by atoms with Gasteiger partial charge in [0.05, 0.1) is 11.8 Å². The van der Waals surface area contributed by atoms with Crippen molar-refractivity contribution in [3.8, 4) is 0 Å². The van der Waals surface area contributed by atoms with Crippen molar-refractivity contribution in [1.82, 2.24) is 9.78 Å². The summed E-state index contributed by atoms with van der Waals surface area (Å²) in [5.41, 5.74) is 0.957. The van der Waals surface area contributed by atoms with Crippen molar-refractivity contribution < 1.29 is 5.11 Å². The van der Waals surface area contributed by atoms with Gasteiger partial charge in [-0.1, -0.05) is 13.8 Å². The van der Waals surface area contributed by atoms with Gasteiger partial charge < -0.3 is 5.11 Å². The summed E-state index contributed by atoms with van der Waals surface area (Å²) < 4.78 is 1.75. The predicted octanol–water partition coefficient (Wildman–Crippen LogP) is 0.979. The molecule has 12 heavy (non-hydrogen) atoms. The highest BCUT2D eigenvalue weighted by molar-refractivity contribution is 5.00. The average molecular weight is 168 g/mol. The predicted molar refractivity (Wildman–Crippen MR) is 47.8 cm³/mol. The largest absolute Gasteiger partial charge is 0.392 e. The Kier molecular flexibility index (Phi) is 2.87. The lowest BCUT2D eigenvalue weighted by atomic mass is 10.0. The Morgan fingerprint density at radius 3 is 2.67 bits per heavy atom. The van der Waals surface area contributed by atoms with Crippen LogP contribution in [0.25, 0.3) is 0 Å². The van der Waals surface area contributed by atoms with Gasteiger partial charge in [-0.2, -0.15) is 5.10 Å². The molecule has 1 rings (SSSR count). The van der Waals surface area contributed by atoms with Crippen LogP contribution in [0.1, 0.15) is 19.5 Å². The van der Waals surface area contributed by atoms with Crippen LogP contribution in [0, 0.1) is 5.92 Å². The molecule has 1 N–H and O–H groups in total. The van der Waals surface area contributed by atoms with Crippen LogP contribution in [0.3, 0.4) is 0 Å². The molecule has 0 radical (unpaired) electrons. The van der Waals surface area contributed by atoms with E-state index in [0.717, 1.165) is 5.69 Å². The third-order valence-electron chi connectivity index (χ3n) is 1.96. The fourth-order valence-electron chi connectivity index (χ4n) is 1.02. The van der Waals surface area contributed by atoms with Gasteiger partial charge in [-0.05, 0) is 12.0 Å². The molecular formula is C9H16N2O. The van der Waals surface area contributed by atoms with Gasteiger partial charge in [-0.25, -0.2) is 0 Å². The third-order valence-corrected chi connectivity index (χ3v) is 1.96. The highest BCUT2D eigenvalue weighted by atomic mass is 16.3. The van der Waals surface area contributed by atoms with Gasteiger partial charge in [-0.3, -0.25) is 4.68 Å². The van der Waals surface area contributed by atoms with Crippen LogP contribution in [-0.2, 0) is 13.5 Å². The molecule has 0 saturated heterocycles. The monoisotopic (exact) mass is 168 g/mol. The van der Waals surface area contributed by atoms with E-state index in [2.05, 4.69) is 5.10 Å². The summed E-state index contributed by atoms with van der Waals surface area (Å²) in [7, 11) is 1.88. The molecule has 1 aromatic rings. The normalized spacial score (nSPS) is 13.8.